The van der Waals surface area contributed by atoms with E-state index in [9.17, 15) is 23.3 Å². The van der Waals surface area contributed by atoms with E-state index < -0.39 is 38.6 Å². The first-order valence-electron chi connectivity index (χ1n) is 6.47. The van der Waals surface area contributed by atoms with Gasteiger partial charge in [0.05, 0.1) is 10.8 Å². The highest BCUT2D eigenvalue weighted by Crippen LogP contribution is 2.29. The van der Waals surface area contributed by atoms with Crippen LogP contribution in [0.4, 0.5) is 5.69 Å². The molecular formula is C12H14N2O7S. The molecule has 120 valence electrons. The quantitative estimate of drug-likeness (QED) is 0.630. The molecule has 0 bridgehead atoms. The number of nitrogens with zero attached hydrogens (tertiary/aromatic N) is 2. The minimum Gasteiger partial charge on any atom is -0.481 e. The van der Waals surface area contributed by atoms with E-state index in [1.807, 2.05) is 0 Å². The van der Waals surface area contributed by atoms with Gasteiger partial charge in [-0.2, -0.15) is 12.7 Å². The van der Waals surface area contributed by atoms with Gasteiger partial charge in [0.25, 0.3) is 0 Å². The minimum atomic E-state index is -4.29. The van der Waals surface area contributed by atoms with Crippen molar-refractivity contribution >= 4 is 22.0 Å². The van der Waals surface area contributed by atoms with Crippen LogP contribution < -0.4 is 4.18 Å². The Morgan fingerprint density at radius 1 is 1.41 bits per heavy atom. The molecule has 10 heteroatoms. The fraction of sp³-hybridized carbons (Fsp3) is 0.417. The van der Waals surface area contributed by atoms with Crippen LogP contribution in [0.15, 0.2) is 24.3 Å². The molecule has 0 spiro atoms. The molecule has 1 N–H and O–H groups in total. The maximum absolute atomic E-state index is 12.2. The van der Waals surface area contributed by atoms with Gasteiger partial charge in [-0.15, -0.1) is 0 Å². The second kappa shape index (κ2) is 6.28. The number of rotatable bonds is 5. The highest BCUT2D eigenvalue weighted by Gasteiger charge is 2.34. The van der Waals surface area contributed by atoms with Gasteiger partial charge in [0, 0.05) is 19.2 Å². The molecule has 1 fully saturated rings. The second-order valence-electron chi connectivity index (χ2n) is 4.80. The van der Waals surface area contributed by atoms with Crippen LogP contribution in [-0.4, -0.2) is 41.8 Å². The summed E-state index contributed by atoms with van der Waals surface area (Å²) in [6, 6.07) is 5.10. The average molecular weight is 330 g/mol. The van der Waals surface area contributed by atoms with Gasteiger partial charge in [0.2, 0.25) is 5.75 Å². The Labute approximate surface area is 126 Å². The van der Waals surface area contributed by atoms with E-state index in [1.165, 1.54) is 18.2 Å². The van der Waals surface area contributed by atoms with E-state index >= 15 is 0 Å². The lowest BCUT2D eigenvalue weighted by atomic mass is 10.0. The van der Waals surface area contributed by atoms with Gasteiger partial charge in [0.15, 0.2) is 0 Å². The Hall–Kier alpha value is -2.20. The first-order valence-corrected chi connectivity index (χ1v) is 7.83. The molecular weight excluding hydrogens is 316 g/mol. The van der Waals surface area contributed by atoms with Crippen LogP contribution in [0.2, 0.25) is 0 Å². The number of piperidine rings is 1. The van der Waals surface area contributed by atoms with Crippen molar-refractivity contribution in [3.05, 3.63) is 34.4 Å². The van der Waals surface area contributed by atoms with Gasteiger partial charge < -0.3 is 9.29 Å². The summed E-state index contributed by atoms with van der Waals surface area (Å²) in [5.41, 5.74) is -0.474. The lowest BCUT2D eigenvalue weighted by molar-refractivity contribution is -0.385. The van der Waals surface area contributed by atoms with Crippen molar-refractivity contribution in [2.75, 3.05) is 13.1 Å². The van der Waals surface area contributed by atoms with Crippen LogP contribution in [0.3, 0.4) is 0 Å². The Kier molecular flexibility index (Phi) is 4.62. The van der Waals surface area contributed by atoms with Gasteiger partial charge in [0.1, 0.15) is 0 Å². The molecule has 22 heavy (non-hydrogen) atoms. The number of aliphatic carboxylic acids is 1. The topological polar surface area (TPSA) is 127 Å². The Morgan fingerprint density at radius 3 is 2.73 bits per heavy atom. The maximum Gasteiger partial charge on any atom is 0.385 e. The van der Waals surface area contributed by atoms with Gasteiger partial charge in [-0.1, -0.05) is 12.1 Å². The second-order valence-corrected chi connectivity index (χ2v) is 6.34. The van der Waals surface area contributed by atoms with Crippen molar-refractivity contribution in [3.63, 3.8) is 0 Å². The van der Waals surface area contributed by atoms with Crippen LogP contribution in [0, 0.1) is 16.0 Å². The standard InChI is InChI=1S/C12H14N2O7S/c15-12(16)9-4-3-7-13(8-9)22(19,20)21-11-6-2-1-5-10(11)14(17)18/h1-2,5-6,9H,3-4,7-8H2,(H,15,16)/t9-/m1/s1. The number of carbonyl (C=O) groups is 1. The summed E-state index contributed by atoms with van der Waals surface area (Å²) in [4.78, 5) is 21.1. The van der Waals surface area contributed by atoms with Gasteiger partial charge >= 0.3 is 22.0 Å². The van der Waals surface area contributed by atoms with Crippen molar-refractivity contribution in [2.24, 2.45) is 5.92 Å². The molecule has 0 saturated carbocycles. The van der Waals surface area contributed by atoms with Crippen LogP contribution in [-0.2, 0) is 15.1 Å². The fourth-order valence-corrected chi connectivity index (χ4v) is 3.38. The van der Waals surface area contributed by atoms with E-state index in [0.717, 1.165) is 10.4 Å². The monoisotopic (exact) mass is 330 g/mol. The Morgan fingerprint density at radius 2 is 2.09 bits per heavy atom. The lowest BCUT2D eigenvalue weighted by Crippen LogP contribution is -2.44. The molecule has 9 nitrogen and oxygen atoms in total. The van der Waals surface area contributed by atoms with Gasteiger partial charge in [-0.3, -0.25) is 14.9 Å². The Balaban J connectivity index is 2.21. The lowest BCUT2D eigenvalue weighted by Gasteiger charge is -2.28. The summed E-state index contributed by atoms with van der Waals surface area (Å²) in [6.07, 6.45) is 0.767. The maximum atomic E-state index is 12.2. The fourth-order valence-electron chi connectivity index (χ4n) is 2.19. The van der Waals surface area contributed by atoms with Crippen LogP contribution >= 0.6 is 0 Å². The molecule has 1 aromatic rings. The molecule has 1 heterocycles. The summed E-state index contributed by atoms with van der Waals surface area (Å²) in [5.74, 6) is -2.28. The zero-order valence-electron chi connectivity index (χ0n) is 11.4. The number of nitro benzene ring substituents is 1. The van der Waals surface area contributed by atoms with Crippen molar-refractivity contribution in [1.29, 1.82) is 0 Å². The first-order chi connectivity index (χ1) is 10.3. The smallest absolute Gasteiger partial charge is 0.385 e. The summed E-state index contributed by atoms with van der Waals surface area (Å²) < 4.78 is 30.1. The van der Waals surface area contributed by atoms with Crippen LogP contribution in [0.5, 0.6) is 5.75 Å². The van der Waals surface area contributed by atoms with Crippen molar-refractivity contribution in [2.45, 2.75) is 12.8 Å². The van der Waals surface area contributed by atoms with Crippen molar-refractivity contribution in [3.8, 4) is 5.75 Å². The predicted molar refractivity (Wildman–Crippen MR) is 74.6 cm³/mol. The highest BCUT2D eigenvalue weighted by atomic mass is 32.2. The molecule has 0 radical (unpaired) electrons. The van der Waals surface area contributed by atoms with Crippen LogP contribution in [0.1, 0.15) is 12.8 Å². The van der Waals surface area contributed by atoms with E-state index in [2.05, 4.69) is 0 Å². The largest absolute Gasteiger partial charge is 0.481 e. The van der Waals surface area contributed by atoms with E-state index in [0.29, 0.717) is 12.8 Å². The average Bonchev–Trinajstić information content (AvgIpc) is 2.47. The predicted octanol–water partition coefficient (Wildman–Crippen LogP) is 1.01. The molecule has 0 amide bonds. The molecule has 0 aromatic heterocycles. The third-order valence-electron chi connectivity index (χ3n) is 3.31. The van der Waals surface area contributed by atoms with E-state index in [1.54, 1.807) is 0 Å². The summed E-state index contributed by atoms with van der Waals surface area (Å²) in [7, 11) is -4.29. The number of hydrogen-bond donors (Lipinski definition) is 1. The SMILES string of the molecule is O=C(O)[C@@H]1CCCN(S(=O)(=O)Oc2ccccc2[N+](=O)[O-])C1. The summed E-state index contributed by atoms with van der Waals surface area (Å²) in [6.45, 7) is -0.0922. The van der Waals surface area contributed by atoms with Crippen LogP contribution in [0.25, 0.3) is 0 Å². The summed E-state index contributed by atoms with van der Waals surface area (Å²) >= 11 is 0. The number of para-hydroxylation sites is 2. The first kappa shape index (κ1) is 16.2. The molecule has 1 saturated heterocycles. The third-order valence-corrected chi connectivity index (χ3v) is 4.66. The van der Waals surface area contributed by atoms with Crippen molar-refractivity contribution < 1.29 is 27.4 Å². The third kappa shape index (κ3) is 3.52. The molecule has 1 aliphatic rings. The summed E-state index contributed by atoms with van der Waals surface area (Å²) in [5, 5.41) is 19.8. The minimum absolute atomic E-state index is 0.118. The molecule has 2 rings (SSSR count). The number of benzene rings is 1. The number of carboxylic acid groups (broad SMARTS) is 1. The van der Waals surface area contributed by atoms with E-state index in [4.69, 9.17) is 9.29 Å². The number of carboxylic acids is 1. The van der Waals surface area contributed by atoms with E-state index in [-0.39, 0.29) is 13.1 Å². The molecule has 1 aromatic carbocycles. The van der Waals surface area contributed by atoms with Gasteiger partial charge in [-0.05, 0) is 18.9 Å². The highest BCUT2D eigenvalue weighted by molar-refractivity contribution is 7.84. The molecule has 0 unspecified atom stereocenters. The molecule has 1 atom stereocenters. The molecule has 0 aliphatic carbocycles. The number of hydrogen-bond acceptors (Lipinski definition) is 6. The number of nitro groups is 1. The normalized spacial score (nSPS) is 19.5. The zero-order chi connectivity index (χ0) is 16.3. The van der Waals surface area contributed by atoms with Gasteiger partial charge in [-0.25, -0.2) is 0 Å². The Bertz CT molecular complexity index is 688. The van der Waals surface area contributed by atoms with Crippen molar-refractivity contribution in [1.82, 2.24) is 4.31 Å². The molecule has 1 aliphatic heterocycles. The zero-order valence-corrected chi connectivity index (χ0v) is 12.2.